The van der Waals surface area contributed by atoms with Crippen molar-refractivity contribution in [3.63, 3.8) is 0 Å². The van der Waals surface area contributed by atoms with Crippen molar-refractivity contribution in [3.05, 3.63) is 0 Å². The van der Waals surface area contributed by atoms with Crippen LogP contribution in [0.2, 0.25) is 26.2 Å². The zero-order valence-electron chi connectivity index (χ0n) is 34.9. The molecule has 9 nitrogen and oxygen atoms in total. The third kappa shape index (κ3) is 9.12. The van der Waals surface area contributed by atoms with Gasteiger partial charge in [0.2, 0.25) is 0 Å². The van der Waals surface area contributed by atoms with Crippen molar-refractivity contribution in [1.82, 2.24) is 0 Å². The lowest BCUT2D eigenvalue weighted by Crippen LogP contribution is -2.77. The fourth-order valence-electron chi connectivity index (χ4n) is 11.2. The van der Waals surface area contributed by atoms with Crippen LogP contribution >= 0.6 is 0 Å². The van der Waals surface area contributed by atoms with Crippen LogP contribution in [0.3, 0.4) is 0 Å². The molecule has 6 bridgehead atoms. The van der Waals surface area contributed by atoms with Gasteiger partial charge in [-0.1, -0.05) is 26.2 Å². The highest BCUT2D eigenvalue weighted by atomic mass is 28.3. The number of ether oxygens (including phenoxy) is 4. The van der Waals surface area contributed by atoms with E-state index in [-0.39, 0.29) is 29.6 Å². The van der Waals surface area contributed by atoms with Gasteiger partial charge in [-0.3, -0.25) is 4.74 Å². The summed E-state index contributed by atoms with van der Waals surface area (Å²) in [6, 6.07) is -4.78. The minimum absolute atomic E-state index is 0.0790. The van der Waals surface area contributed by atoms with Crippen molar-refractivity contribution >= 4 is 8.07 Å². The van der Waals surface area contributed by atoms with E-state index in [1.54, 1.807) is 0 Å². The van der Waals surface area contributed by atoms with Crippen molar-refractivity contribution in [2.75, 3.05) is 13.5 Å². The van der Waals surface area contributed by atoms with Crippen molar-refractivity contribution in [3.8, 4) is 0 Å². The lowest BCUT2D eigenvalue weighted by Gasteiger charge is -2.55. The Hall–Kier alpha value is -1.19. The van der Waals surface area contributed by atoms with E-state index in [1.807, 2.05) is 0 Å². The van der Waals surface area contributed by atoms with Crippen LogP contribution in [0.25, 0.3) is 0 Å². The minimum Gasteiger partial charge on any atom is -0.386 e. The van der Waals surface area contributed by atoms with Gasteiger partial charge in [-0.15, -0.1) is 0 Å². The van der Waals surface area contributed by atoms with Gasteiger partial charge in [-0.25, -0.2) is 4.39 Å². The molecule has 6 saturated carbocycles. The number of hydrogen-bond acceptors (Lipinski definition) is 9. The minimum atomic E-state index is -5.69. The summed E-state index contributed by atoms with van der Waals surface area (Å²) in [7, 11) is -0.611. The van der Waals surface area contributed by atoms with E-state index < -0.39 is 111 Å². The predicted octanol–water partition coefficient (Wildman–Crippen LogP) is 8.38. The quantitative estimate of drug-likeness (QED) is 0.105. The molecule has 2 aliphatic heterocycles. The molecule has 0 amide bonds. The summed E-state index contributed by atoms with van der Waals surface area (Å²) >= 11 is 0. The highest BCUT2D eigenvalue weighted by Crippen LogP contribution is 2.65. The zero-order valence-corrected chi connectivity index (χ0v) is 35.9. The lowest BCUT2D eigenvalue weighted by atomic mass is 9.68. The number of aliphatic hydroxyl groups excluding tert-OH is 1. The molecule has 5 N–H and O–H groups in total. The lowest BCUT2D eigenvalue weighted by molar-refractivity contribution is -0.494. The van der Waals surface area contributed by atoms with Crippen LogP contribution in [-0.2, 0) is 18.9 Å². The number of alkyl halides is 15. The summed E-state index contributed by atoms with van der Waals surface area (Å²) in [5.74, 6) is -21.9. The van der Waals surface area contributed by atoms with Crippen molar-refractivity contribution in [1.29, 1.82) is 0 Å². The first-order valence-electron chi connectivity index (χ1n) is 20.6. The molecule has 8 aliphatic rings. The number of halogens is 15. The summed E-state index contributed by atoms with van der Waals surface area (Å²) in [6.07, 6.45) is -15.7. The number of rotatable bonds is 5. The number of aliphatic hydroxyl groups is 5. The second-order valence-electron chi connectivity index (χ2n) is 20.3. The molecule has 0 radical (unpaired) electrons. The SMILES string of the molecule is CC1(O)C2C3CCC(C3)C2OC(O)(C(F)(F)F)C1(F)F.C[Si](C)(C)C.OC(F)(OCOC1(CF)CC2CCC1C2)C(F)(F)F.OC1C2C3CCC(C3)C2OC(O)(C(F)(F)F)C1(F)F. The van der Waals surface area contributed by atoms with E-state index in [0.29, 0.717) is 57.8 Å². The van der Waals surface area contributed by atoms with E-state index in [2.05, 4.69) is 40.4 Å². The summed E-state index contributed by atoms with van der Waals surface area (Å²) in [5.41, 5.74) is -4.15. The Labute approximate surface area is 354 Å². The summed E-state index contributed by atoms with van der Waals surface area (Å²) < 4.78 is 212. The third-order valence-electron chi connectivity index (χ3n) is 14.1. The molecule has 25 heteroatoms. The van der Waals surface area contributed by atoms with E-state index in [0.717, 1.165) is 19.3 Å². The fourth-order valence-corrected chi connectivity index (χ4v) is 11.2. The van der Waals surface area contributed by atoms with Crippen LogP contribution in [-0.4, -0.2) is 125 Å². The van der Waals surface area contributed by atoms with Crippen LogP contribution in [0.15, 0.2) is 0 Å². The zero-order chi connectivity index (χ0) is 48.2. The Kier molecular flexibility index (Phi) is 14.1. The topological polar surface area (TPSA) is 138 Å². The number of hydrogen-bond donors (Lipinski definition) is 5. The standard InChI is InChI=1S/C12H15F5O3.C11H13F5O3.C11H15F5O3.C4H12Si/c1-9(18)7-5-2-3-6(4-5)8(7)20-11(19,10(9,13)14)12(15,16)17;12-9(13)8(17)6-4-1-2-5(3-4)7(6)19-10(9,18)11(14,15)16;12-5-9(4-7-1-2-8(9)3-7)18-6-19-11(16,17)10(13,14)15;1-5(2,3)4/h5-8,18-19H,2-4H2,1H3;4-8,17-18H,1-3H2;7-8,17H,1-6H2;1-4H3. The molecule has 16 atom stereocenters. The molecular weight excluding hydrogens is 913 g/mol. The molecule has 0 aromatic carbocycles. The average Bonchev–Trinajstić information content (AvgIpc) is 3.98. The molecule has 6 aliphatic carbocycles. The maximum Gasteiger partial charge on any atom is 0.477 e. The molecule has 8 fully saturated rings. The first-order chi connectivity index (χ1) is 28.2. The monoisotopic (exact) mass is 968 g/mol. The highest BCUT2D eigenvalue weighted by molar-refractivity contribution is 6.74. The van der Waals surface area contributed by atoms with Crippen LogP contribution < -0.4 is 0 Å². The Morgan fingerprint density at radius 3 is 1.62 bits per heavy atom. The van der Waals surface area contributed by atoms with Crippen LogP contribution in [0, 0.1) is 47.3 Å². The van der Waals surface area contributed by atoms with Crippen LogP contribution in [0.1, 0.15) is 71.1 Å². The molecule has 63 heavy (non-hydrogen) atoms. The van der Waals surface area contributed by atoms with Gasteiger partial charge in [0.25, 0.3) is 0 Å². The fraction of sp³-hybridized carbons (Fsp3) is 1.00. The van der Waals surface area contributed by atoms with Crippen molar-refractivity contribution < 1.29 is 110 Å². The number of fused-ring (bicyclic) bond motifs is 12. The Morgan fingerprint density at radius 2 is 1.16 bits per heavy atom. The van der Waals surface area contributed by atoms with Crippen molar-refractivity contribution in [2.24, 2.45) is 47.3 Å². The predicted molar refractivity (Wildman–Crippen MR) is 189 cm³/mol. The highest BCUT2D eigenvalue weighted by Gasteiger charge is 2.84. The maximum absolute atomic E-state index is 14.1. The molecule has 2 saturated heterocycles. The second-order valence-corrected chi connectivity index (χ2v) is 26.3. The van der Waals surface area contributed by atoms with E-state index in [9.17, 15) is 86.3 Å². The summed E-state index contributed by atoms with van der Waals surface area (Å²) in [5, 5.41) is 47.0. The van der Waals surface area contributed by atoms with Gasteiger partial charge >= 0.3 is 48.0 Å². The molecule has 8 rings (SSSR count). The second kappa shape index (κ2) is 16.8. The Bertz CT molecular complexity index is 1600. The smallest absolute Gasteiger partial charge is 0.386 e. The first-order valence-corrected chi connectivity index (χ1v) is 24.6. The molecule has 0 aromatic rings. The van der Waals surface area contributed by atoms with Gasteiger partial charge < -0.3 is 39.7 Å². The van der Waals surface area contributed by atoms with Gasteiger partial charge in [0.15, 0.2) is 6.79 Å². The van der Waals surface area contributed by atoms with Crippen LogP contribution in [0.5, 0.6) is 0 Å². The first kappa shape index (κ1) is 52.8. The molecule has 16 unspecified atom stereocenters. The van der Waals surface area contributed by atoms with E-state index in [1.165, 1.54) is 0 Å². The molecule has 0 aromatic heterocycles. The maximum atomic E-state index is 14.1. The van der Waals surface area contributed by atoms with Gasteiger partial charge in [0.1, 0.15) is 24.0 Å². The van der Waals surface area contributed by atoms with E-state index >= 15 is 0 Å². The van der Waals surface area contributed by atoms with Gasteiger partial charge in [-0.05, 0) is 107 Å². The van der Waals surface area contributed by atoms with Crippen molar-refractivity contribution in [2.45, 2.75) is 175 Å². The van der Waals surface area contributed by atoms with Gasteiger partial charge in [0.05, 0.1) is 12.2 Å². The average molecular weight is 969 g/mol. The molecule has 2 heterocycles. The van der Waals surface area contributed by atoms with Gasteiger partial charge in [0, 0.05) is 19.9 Å². The molecule has 370 valence electrons. The normalized spacial score (nSPS) is 45.2. The summed E-state index contributed by atoms with van der Waals surface area (Å²) in [6.45, 7) is 7.98. The third-order valence-corrected chi connectivity index (χ3v) is 14.1. The summed E-state index contributed by atoms with van der Waals surface area (Å²) in [4.78, 5) is 0. The van der Waals surface area contributed by atoms with Crippen LogP contribution in [0.4, 0.5) is 65.9 Å². The Balaban J connectivity index is 0.000000169. The largest absolute Gasteiger partial charge is 0.477 e. The molecule has 0 spiro atoms. The van der Waals surface area contributed by atoms with E-state index in [4.69, 9.17) is 9.84 Å². The molecular formula is C38H55F15O9Si. The van der Waals surface area contributed by atoms with Gasteiger partial charge in [-0.2, -0.15) is 61.5 Å². The Morgan fingerprint density at radius 1 is 0.683 bits per heavy atom.